The number of carbonyl (C=O) groups excluding carboxylic acids is 6. The number of aliphatic hydroxyl groups is 2. The molecule has 3 amide bonds. The highest BCUT2D eigenvalue weighted by Crippen LogP contribution is 2.34. The predicted molar refractivity (Wildman–Crippen MR) is 536 cm³/mol. The van der Waals surface area contributed by atoms with Crippen LogP contribution in [0.25, 0.3) is 0 Å². The molecular formula is C86H198BF9N4O27S3. The van der Waals surface area contributed by atoms with Gasteiger partial charge in [0.25, 0.3) is 0 Å². The van der Waals surface area contributed by atoms with E-state index in [0.29, 0.717) is 25.2 Å². The maximum Gasteiger partial charge on any atom is 0.524 e. The van der Waals surface area contributed by atoms with Crippen molar-refractivity contribution in [1.82, 2.24) is 19.7 Å². The molecule has 3 aromatic carbocycles. The largest absolute Gasteiger partial charge is 0.524 e. The SMILES string of the molecule is C1CCOC1.CC(C)C[C@@H](C(=O)O)N(C)C(=O)OC(C)(C)C.CC(C)C[C@@H](CO)N(C)C(=O)OC(C)(C)C.CC(C)C[C@@H](CO[C@H](C)C(=O)OCc1ccccc1)N(C)C(=O)OC(C)(C)C.C[C@H](O)C(=O)OCc1ccccc1.C[C@H](OSC(F)(F)F)C(=O)OCc1ccccc1.Cc1cccc(C)n1.O.O.O=S(=O)(OS(=O)(=O)C(F)(F)F)C(F)(F)F.[2HH].[2H]CC.[2H][2H].[2H][2H].[2H][2H].[2H][2H].[2H][2H].[2H][2H].[2H][2H].[2H][2H].[2H][2H].[2H][2H].[2H][2H].[2H][2H].[2H][2H].[2H][2H].[2H][2H].[2H][2H].[2H][2H].[2H][2H].[2H][2H].[2H][2H].[2H][2H].[2H][2H].[2H][2H].[2H][2H].[2H][2H].[2H][2H].[2H][2H].[2H][2H].[B]C1CCCO1. The fourth-order valence-electron chi connectivity index (χ4n) is 9.10. The molecule has 6 rings (SSSR count). The van der Waals surface area contributed by atoms with Crippen LogP contribution < -0.4 is 0 Å². The third kappa shape index (κ3) is 68.8. The molecule has 1 aromatic heterocycles. The minimum absolute atomic E-state index is 0. The van der Waals surface area contributed by atoms with Gasteiger partial charge in [-0.25, -0.2) is 33.6 Å². The Morgan fingerprint density at radius 3 is 1.15 bits per heavy atom. The number of aryl methyl sites for hydroxylation is 2. The van der Waals surface area contributed by atoms with E-state index < -0.39 is 126 Å². The lowest BCUT2D eigenvalue weighted by Gasteiger charge is -2.32. The normalized spacial score (nSPS) is 16.1. The van der Waals surface area contributed by atoms with Crippen molar-refractivity contribution in [3.05, 3.63) is 137 Å². The second-order valence-electron chi connectivity index (χ2n) is 32.4. The zero-order valence-corrected chi connectivity index (χ0v) is 81.2. The van der Waals surface area contributed by atoms with Crippen LogP contribution in [0, 0.1) is 31.6 Å². The van der Waals surface area contributed by atoms with Crippen LogP contribution in [0.1, 0.15) is 297 Å². The molecule has 7 N–H and O–H groups in total. The molecular weight excluding hydrogens is 1800 g/mol. The molecule has 0 saturated carbocycles. The Hall–Kier alpha value is -8.18. The van der Waals surface area contributed by atoms with Gasteiger partial charge in [0.2, 0.25) is 0 Å². The molecule has 2 aliphatic heterocycles. The molecule has 2 saturated heterocycles. The van der Waals surface area contributed by atoms with E-state index in [-0.39, 0.29) is 75.5 Å². The van der Waals surface area contributed by atoms with Gasteiger partial charge in [0.05, 0.1) is 25.3 Å². The van der Waals surface area contributed by atoms with E-state index >= 15 is 0 Å². The van der Waals surface area contributed by atoms with Crippen LogP contribution in [0.2, 0.25) is 0 Å². The van der Waals surface area contributed by atoms with Crippen molar-refractivity contribution >= 4 is 82.3 Å². The fraction of sp³-hybridized carbons (Fsp3) is 0.651. The summed E-state index contributed by atoms with van der Waals surface area (Å²) in [6.45, 7) is 42.3. The summed E-state index contributed by atoms with van der Waals surface area (Å²) in [5.74, 6) is -1.87. The van der Waals surface area contributed by atoms with Crippen LogP contribution >= 0.6 is 12.0 Å². The number of pyridine rings is 1. The van der Waals surface area contributed by atoms with Crippen LogP contribution in [0.15, 0.2) is 109 Å². The molecule has 31 nitrogen and oxygen atoms in total. The summed E-state index contributed by atoms with van der Waals surface area (Å²) in [4.78, 5) is 89.6. The van der Waals surface area contributed by atoms with E-state index in [2.05, 4.69) is 36.9 Å². The zero-order valence-electron chi connectivity index (χ0n) is 136. The van der Waals surface area contributed by atoms with E-state index in [4.69, 9.17) is 145 Å². The molecule has 2 aliphatic rings. The lowest BCUT2D eigenvalue weighted by atomic mass is 9.98. The first kappa shape index (κ1) is 84.8. The van der Waals surface area contributed by atoms with Crippen LogP contribution in [-0.4, -0.2) is 243 Å². The Kier molecular flexibility index (Phi) is 43.7. The maximum absolute atomic E-state index is 12.4. The number of carboxylic acids is 1. The zero-order chi connectivity index (χ0) is 157. The molecule has 130 heavy (non-hydrogen) atoms. The van der Waals surface area contributed by atoms with Crippen molar-refractivity contribution in [2.45, 2.75) is 293 Å². The topological polar surface area (TPSA) is 436 Å². The number of benzene rings is 3. The molecule has 0 bridgehead atoms. The quantitative estimate of drug-likeness (QED) is 0.0125. The van der Waals surface area contributed by atoms with Gasteiger partial charge < -0.3 is 78.7 Å². The number of esters is 3. The molecule has 2 radical (unpaired) electrons. The summed E-state index contributed by atoms with van der Waals surface area (Å²) in [6.07, 6.45) is 2.22. The molecule has 0 spiro atoms. The molecule has 808 valence electrons. The lowest BCUT2D eigenvalue weighted by molar-refractivity contribution is -0.158. The van der Waals surface area contributed by atoms with Crippen LogP contribution in [0.3, 0.4) is 0 Å². The first-order valence-electron chi connectivity index (χ1n) is 69.3. The molecule has 2 fully saturated rings. The molecule has 1 unspecified atom stereocenters. The molecule has 7 atom stereocenters. The highest BCUT2D eigenvalue weighted by atomic mass is 32.3. The van der Waals surface area contributed by atoms with Crippen molar-refractivity contribution in [2.24, 2.45) is 17.8 Å². The summed E-state index contributed by atoms with van der Waals surface area (Å²) >= 11 is -0.709. The van der Waals surface area contributed by atoms with Gasteiger partial charge >= 0.3 is 78.9 Å². The van der Waals surface area contributed by atoms with E-state index in [1.165, 1.54) is 38.6 Å². The third-order valence-electron chi connectivity index (χ3n) is 15.4. The van der Waals surface area contributed by atoms with Crippen molar-refractivity contribution in [3.8, 4) is 0 Å². The highest BCUT2D eigenvalue weighted by molar-refractivity contribution is 8.00. The third-order valence-corrected chi connectivity index (χ3v) is 18.5. The molecule has 44 heteroatoms. The summed E-state index contributed by atoms with van der Waals surface area (Å²) in [6, 6.07) is 32.5. The Bertz CT molecular complexity index is 4070. The van der Waals surface area contributed by atoms with Gasteiger partial charge in [-0.3, -0.25) is 14.1 Å². The van der Waals surface area contributed by atoms with E-state index in [0.717, 1.165) is 78.5 Å². The minimum atomic E-state index is -6.85. The molecule has 3 heterocycles. The van der Waals surface area contributed by atoms with Crippen molar-refractivity contribution in [1.29, 1.82) is 0 Å². The number of carbonyl (C=O) groups is 7. The van der Waals surface area contributed by atoms with Crippen molar-refractivity contribution in [3.63, 3.8) is 0 Å². The molecule has 0 aliphatic carbocycles. The Morgan fingerprint density at radius 1 is 0.546 bits per heavy atom. The Labute approximate surface area is 856 Å². The average Bonchev–Trinajstić information content (AvgIpc) is 0.978. The number of nitrogens with zero attached hydrogens (tertiary/aromatic N) is 4. The van der Waals surface area contributed by atoms with Gasteiger partial charge in [0.1, 0.15) is 68.7 Å². The van der Waals surface area contributed by atoms with Gasteiger partial charge in [-0.2, -0.15) is 56.3 Å². The summed E-state index contributed by atoms with van der Waals surface area (Å²) in [5.41, 5.74) is -14.0. The first-order valence-corrected chi connectivity index (χ1v) is 44.2. The van der Waals surface area contributed by atoms with E-state index in [1.54, 1.807) is 83.9 Å². The van der Waals surface area contributed by atoms with Gasteiger partial charge in [-0.05, 0) is 188 Å². The number of aliphatic hydroxyl groups excluding tert-OH is 2. The van der Waals surface area contributed by atoms with Gasteiger partial charge in [-0.15, -0.1) is 3.63 Å². The summed E-state index contributed by atoms with van der Waals surface area (Å²) in [5, 5.41) is 27.2. The number of rotatable bonds is 27. The van der Waals surface area contributed by atoms with E-state index in [9.17, 15) is 95.0 Å². The number of halogens is 9. The number of ether oxygens (including phenoxy) is 9. The van der Waals surface area contributed by atoms with Gasteiger partial charge in [0, 0.05) is 144 Å². The number of aromatic nitrogens is 1. The predicted octanol–water partition coefficient (Wildman–Crippen LogP) is 23.4. The smallest absolute Gasteiger partial charge is 0.480 e. The maximum atomic E-state index is 12.4. The summed E-state index contributed by atoms with van der Waals surface area (Å²) < 4.78 is 482. The monoisotopic (exact) mass is 2060 g/mol. The van der Waals surface area contributed by atoms with E-state index in [1.807, 2.05) is 152 Å². The number of alkyl halides is 9. The first-order chi connectivity index (χ1) is 87.1. The fourth-order valence-corrected chi connectivity index (χ4v) is 11.0. The Balaban J connectivity index is -0.0000000409. The van der Waals surface area contributed by atoms with Crippen LogP contribution in [0.5, 0.6) is 0 Å². The minimum Gasteiger partial charge on any atom is -0.480 e. The van der Waals surface area contributed by atoms with Crippen molar-refractivity contribution in [2.75, 3.05) is 54.2 Å². The standard InChI is InChI=1S/C22H35NO5.C12H23NO4.C12H25NO3.C11H11F3O3S.C10H12O3.C7H9N.C4H7BO.C4H8O.C2F6O5S2.C2H6.2H2O.29H2/c1-16(2)13-19(23(7)21(25)28-22(4,5)6)15-26-17(3)20(24)27-14-18-11-9-8-10-12-18;1-8(2)7-9(10(14)15)13(6)11(16)17-12(3,4)5;1-9(2)7-10(8-14)13(6)11(15)16-12(3,4)5;1-8(17-18-11(12,13)14)10(15)16-7-9-5-3-2-4-6-9;1-8(11)10(12)13-7-9-5-3-2-4-6-9;1-6-4-3-5-7(2)8-6;5-4-2-1-3-6-4;1-2-4-5-3-1;3-1(4,5)14(9,10)13-15(11,12)2(6,7)8;1-2;;;;;;;;;;;;;;;;;;;;;;;;;;;;;;;/h8-12,16-17,19H,13-15H2,1-7H3;8-9H,7H2,1-6H3,(H,14,15);9-10,14H,7-8H2,1-6H3;2-6,8H,7H2,1H3;2-6,8,11H,7H2,1H3;3-5H,1-2H3;4H,1-3H2;1-4H2;;1-2H3;2*1H2;29*1H/t17-,19+;9-;10-;2*8-;;;;;;;;;;;;;;;;;;;;;;;;;;;;;;;;;;;;/m10000..................................../s1/i;;;;;;;;;1D;;;28*1+1D;1+1. The number of hydrogen-bond acceptors (Lipinski definition) is 26. The lowest BCUT2D eigenvalue weighted by Crippen LogP contribution is -2.45. The number of likely N-dealkylation sites (N-methyl/N-ethyl adjacent to an activating group) is 3. The van der Waals surface area contributed by atoms with Gasteiger partial charge in [-0.1, -0.05) is 152 Å². The summed E-state index contributed by atoms with van der Waals surface area (Å²) in [7, 11) is -3.57. The van der Waals surface area contributed by atoms with Gasteiger partial charge in [0.15, 0.2) is 12.2 Å². The second kappa shape index (κ2) is 67.1. The number of aliphatic carboxylic acids is 1. The molecule has 4 aromatic rings. The Morgan fingerprint density at radius 2 is 0.885 bits per heavy atom. The number of carboxylic acid groups (broad SMARTS) is 1. The van der Waals surface area contributed by atoms with Crippen LogP contribution in [-0.2, 0) is 110 Å². The average molecular weight is 2060 g/mol. The second-order valence-corrected chi connectivity index (χ2v) is 36.5. The number of amides is 3. The van der Waals surface area contributed by atoms with Crippen molar-refractivity contribution < 1.29 is 253 Å². The van der Waals surface area contributed by atoms with Crippen LogP contribution in [0.4, 0.5) is 53.9 Å². The number of hydrogen-bond donors (Lipinski definition) is 3. The highest BCUT2D eigenvalue weighted by Gasteiger charge is 2.57.